The van der Waals surface area contributed by atoms with Gasteiger partial charge in [-0.25, -0.2) is 0 Å². The maximum absolute atomic E-state index is 2.60. The molecule has 0 saturated carbocycles. The lowest BCUT2D eigenvalue weighted by molar-refractivity contribution is 0.250. The van der Waals surface area contributed by atoms with Crippen LogP contribution in [0.4, 0.5) is 0 Å². The van der Waals surface area contributed by atoms with Crippen molar-refractivity contribution in [3.8, 4) is 0 Å². The monoisotopic (exact) mass is 337 g/mol. The summed E-state index contributed by atoms with van der Waals surface area (Å²) < 4.78 is 0. The fourth-order valence-electron chi connectivity index (χ4n) is 3.32. The summed E-state index contributed by atoms with van der Waals surface area (Å²) in [7, 11) is 0. The lowest BCUT2D eigenvalue weighted by Gasteiger charge is -2.22. The quantitative estimate of drug-likeness (QED) is 0.390. The summed E-state index contributed by atoms with van der Waals surface area (Å²) in [6.07, 6.45) is 8.23. The number of benzene rings is 2. The minimum absolute atomic E-state index is 0.854. The number of hydrogen-bond acceptors (Lipinski definition) is 1. The molecular formula is C24H35N. The first-order chi connectivity index (χ1) is 12.2. The summed E-state index contributed by atoms with van der Waals surface area (Å²) in [5, 5.41) is 0. The van der Waals surface area contributed by atoms with Crippen LogP contribution in [0.3, 0.4) is 0 Å². The van der Waals surface area contributed by atoms with Crippen LogP contribution in [-0.2, 0) is 13.1 Å². The molecule has 25 heavy (non-hydrogen) atoms. The average Bonchev–Trinajstić information content (AvgIpc) is 2.62. The van der Waals surface area contributed by atoms with Crippen molar-refractivity contribution >= 4 is 0 Å². The highest BCUT2D eigenvalue weighted by Crippen LogP contribution is 2.14. The first kappa shape index (κ1) is 19.7. The third-order valence-corrected chi connectivity index (χ3v) is 4.75. The van der Waals surface area contributed by atoms with Crippen LogP contribution >= 0.6 is 0 Å². The van der Waals surface area contributed by atoms with E-state index in [0.717, 1.165) is 19.0 Å². The zero-order chi connectivity index (χ0) is 17.7. The fourth-order valence-corrected chi connectivity index (χ4v) is 3.32. The Morgan fingerprint density at radius 2 is 1.12 bits per heavy atom. The molecule has 2 aromatic carbocycles. The van der Waals surface area contributed by atoms with Gasteiger partial charge in [0, 0.05) is 13.1 Å². The van der Waals surface area contributed by atoms with Crippen molar-refractivity contribution < 1.29 is 0 Å². The van der Waals surface area contributed by atoms with Crippen LogP contribution in [0.2, 0.25) is 0 Å². The third kappa shape index (κ3) is 8.88. The molecule has 0 heterocycles. The smallest absolute Gasteiger partial charge is 0.0237 e. The maximum atomic E-state index is 2.60. The van der Waals surface area contributed by atoms with Crippen molar-refractivity contribution in [1.29, 1.82) is 0 Å². The Morgan fingerprint density at radius 1 is 0.640 bits per heavy atom. The standard InChI is InChI=1S/C24H35N/c1-22(2)14-8-4-3-5-13-19-25(20-23-15-9-6-10-16-23)21-24-17-11-7-12-18-24/h6-7,9-12,15-18,22H,3-5,8,13-14,19-21H2,1-2H3. The molecule has 0 spiro atoms. The molecule has 0 aromatic heterocycles. The van der Waals surface area contributed by atoms with E-state index in [4.69, 9.17) is 0 Å². The largest absolute Gasteiger partial charge is 0.295 e. The van der Waals surface area contributed by atoms with Gasteiger partial charge in [-0.05, 0) is 30.0 Å². The topological polar surface area (TPSA) is 3.24 Å². The van der Waals surface area contributed by atoms with Crippen LogP contribution in [0.1, 0.15) is 63.5 Å². The van der Waals surface area contributed by atoms with Gasteiger partial charge in [0.1, 0.15) is 0 Å². The molecule has 0 aliphatic carbocycles. The normalized spacial score (nSPS) is 11.4. The van der Waals surface area contributed by atoms with E-state index in [1.165, 1.54) is 56.2 Å². The van der Waals surface area contributed by atoms with Gasteiger partial charge in [0.25, 0.3) is 0 Å². The highest BCUT2D eigenvalue weighted by molar-refractivity contribution is 5.17. The lowest BCUT2D eigenvalue weighted by Crippen LogP contribution is -2.24. The molecule has 0 N–H and O–H groups in total. The second-order valence-electron chi connectivity index (χ2n) is 7.63. The predicted molar refractivity (Wildman–Crippen MR) is 110 cm³/mol. The number of rotatable bonds is 12. The van der Waals surface area contributed by atoms with Gasteiger partial charge in [-0.1, -0.05) is 107 Å². The lowest BCUT2D eigenvalue weighted by atomic mass is 10.0. The average molecular weight is 338 g/mol. The van der Waals surface area contributed by atoms with Gasteiger partial charge in [-0.15, -0.1) is 0 Å². The molecule has 1 heteroatoms. The van der Waals surface area contributed by atoms with Crippen molar-refractivity contribution in [2.24, 2.45) is 5.92 Å². The van der Waals surface area contributed by atoms with Crippen LogP contribution in [0, 0.1) is 5.92 Å². The maximum Gasteiger partial charge on any atom is 0.0237 e. The summed E-state index contributed by atoms with van der Waals surface area (Å²) >= 11 is 0. The van der Waals surface area contributed by atoms with Gasteiger partial charge in [-0.2, -0.15) is 0 Å². The predicted octanol–water partition coefficient (Wildman–Crippen LogP) is 6.69. The molecule has 0 amide bonds. The van der Waals surface area contributed by atoms with Gasteiger partial charge >= 0.3 is 0 Å². The molecule has 0 aliphatic heterocycles. The van der Waals surface area contributed by atoms with Crippen LogP contribution < -0.4 is 0 Å². The van der Waals surface area contributed by atoms with Crippen molar-refractivity contribution in [3.63, 3.8) is 0 Å². The molecule has 0 radical (unpaired) electrons. The van der Waals surface area contributed by atoms with Crippen molar-refractivity contribution in [2.45, 2.75) is 65.5 Å². The molecule has 0 atom stereocenters. The molecule has 0 aliphatic rings. The Balaban J connectivity index is 1.76. The van der Waals surface area contributed by atoms with Crippen LogP contribution in [-0.4, -0.2) is 11.4 Å². The van der Waals surface area contributed by atoms with E-state index in [0.29, 0.717) is 0 Å². The van der Waals surface area contributed by atoms with E-state index in [1.807, 2.05) is 0 Å². The van der Waals surface area contributed by atoms with Crippen molar-refractivity contribution in [2.75, 3.05) is 6.54 Å². The molecule has 0 bridgehead atoms. The zero-order valence-corrected chi connectivity index (χ0v) is 16.2. The second kappa shape index (κ2) is 11.9. The second-order valence-corrected chi connectivity index (χ2v) is 7.63. The SMILES string of the molecule is CC(C)CCCCCCCN(Cc1ccccc1)Cc1ccccc1. The van der Waals surface area contributed by atoms with Crippen LogP contribution in [0.15, 0.2) is 60.7 Å². The number of unbranched alkanes of at least 4 members (excludes halogenated alkanes) is 4. The molecular weight excluding hydrogens is 302 g/mol. The zero-order valence-electron chi connectivity index (χ0n) is 16.2. The van der Waals surface area contributed by atoms with Crippen LogP contribution in [0.5, 0.6) is 0 Å². The minimum Gasteiger partial charge on any atom is -0.295 e. The minimum atomic E-state index is 0.854. The fraction of sp³-hybridized carbons (Fsp3) is 0.500. The van der Waals surface area contributed by atoms with E-state index >= 15 is 0 Å². The Bertz CT molecular complexity index is 505. The number of hydrogen-bond donors (Lipinski definition) is 0. The van der Waals surface area contributed by atoms with E-state index in [1.54, 1.807) is 0 Å². The highest BCUT2D eigenvalue weighted by Gasteiger charge is 2.07. The Hall–Kier alpha value is -1.60. The Kier molecular flexibility index (Phi) is 9.36. The highest BCUT2D eigenvalue weighted by atomic mass is 15.1. The third-order valence-electron chi connectivity index (χ3n) is 4.75. The van der Waals surface area contributed by atoms with E-state index < -0.39 is 0 Å². The summed E-state index contributed by atoms with van der Waals surface area (Å²) in [4.78, 5) is 2.60. The van der Waals surface area contributed by atoms with E-state index in [-0.39, 0.29) is 0 Å². The molecule has 2 aromatic rings. The first-order valence-corrected chi connectivity index (χ1v) is 10.0. The van der Waals surface area contributed by atoms with Gasteiger partial charge in [0.15, 0.2) is 0 Å². The Morgan fingerprint density at radius 3 is 1.64 bits per heavy atom. The summed E-state index contributed by atoms with van der Waals surface area (Å²) in [6.45, 7) is 7.93. The molecule has 0 saturated heterocycles. The number of nitrogens with zero attached hydrogens (tertiary/aromatic N) is 1. The van der Waals surface area contributed by atoms with E-state index in [2.05, 4.69) is 79.4 Å². The van der Waals surface area contributed by atoms with E-state index in [9.17, 15) is 0 Å². The van der Waals surface area contributed by atoms with Crippen molar-refractivity contribution in [3.05, 3.63) is 71.8 Å². The van der Waals surface area contributed by atoms with Gasteiger partial charge < -0.3 is 0 Å². The molecule has 2 rings (SSSR count). The Labute approximate surface area is 155 Å². The first-order valence-electron chi connectivity index (χ1n) is 10.0. The van der Waals surface area contributed by atoms with Gasteiger partial charge in [0.2, 0.25) is 0 Å². The van der Waals surface area contributed by atoms with Gasteiger partial charge in [-0.3, -0.25) is 4.90 Å². The summed E-state index contributed by atoms with van der Waals surface area (Å²) in [6, 6.07) is 21.7. The summed E-state index contributed by atoms with van der Waals surface area (Å²) in [5.41, 5.74) is 2.82. The molecule has 1 nitrogen and oxygen atoms in total. The van der Waals surface area contributed by atoms with Crippen LogP contribution in [0.25, 0.3) is 0 Å². The molecule has 0 unspecified atom stereocenters. The summed E-state index contributed by atoms with van der Waals surface area (Å²) in [5.74, 6) is 0.854. The van der Waals surface area contributed by atoms with Crippen molar-refractivity contribution in [1.82, 2.24) is 4.90 Å². The van der Waals surface area contributed by atoms with Gasteiger partial charge in [0.05, 0.1) is 0 Å². The molecule has 136 valence electrons. The molecule has 0 fully saturated rings.